The van der Waals surface area contributed by atoms with Crippen molar-refractivity contribution >= 4 is 23.1 Å². The maximum absolute atomic E-state index is 11.5. The van der Waals surface area contributed by atoms with Gasteiger partial charge in [-0.25, -0.2) is 15.0 Å². The molecule has 0 spiro atoms. The number of benzene rings is 1. The zero-order valence-electron chi connectivity index (χ0n) is 13.5. The Bertz CT molecular complexity index is 868. The Morgan fingerprint density at radius 3 is 2.48 bits per heavy atom. The molecule has 2 heterocycles. The first kappa shape index (κ1) is 16.3. The van der Waals surface area contributed by atoms with Gasteiger partial charge in [-0.15, -0.1) is 0 Å². The number of hydrogen-bond acceptors (Lipinski definition) is 7. The molecule has 0 unspecified atom stereocenters. The van der Waals surface area contributed by atoms with Crippen LogP contribution in [-0.4, -0.2) is 19.9 Å². The van der Waals surface area contributed by atoms with Crippen LogP contribution in [0.15, 0.2) is 55.0 Å². The molecule has 0 radical (unpaired) electrons. The first-order valence-corrected chi connectivity index (χ1v) is 7.60. The van der Waals surface area contributed by atoms with Gasteiger partial charge in [0.05, 0.1) is 4.92 Å². The number of rotatable bonds is 6. The lowest BCUT2D eigenvalue weighted by molar-refractivity contribution is -0.383. The van der Waals surface area contributed by atoms with Crippen LogP contribution in [0.3, 0.4) is 0 Å². The zero-order chi connectivity index (χ0) is 17.6. The monoisotopic (exact) mass is 336 g/mol. The van der Waals surface area contributed by atoms with Crippen LogP contribution in [0.1, 0.15) is 11.1 Å². The number of aryl methyl sites for hydroxylation is 1. The third-order valence-corrected chi connectivity index (χ3v) is 3.47. The van der Waals surface area contributed by atoms with Crippen LogP contribution >= 0.6 is 0 Å². The summed E-state index contributed by atoms with van der Waals surface area (Å²) in [6, 6.07) is 13.2. The third kappa shape index (κ3) is 4.05. The number of pyridine rings is 1. The second-order valence-electron chi connectivity index (χ2n) is 5.36. The molecule has 3 rings (SSSR count). The SMILES string of the molecule is Cc1ccc(Nc2ncnc(NCc3ccccc3)c2[N+](=O)[O-])nc1. The maximum atomic E-state index is 11.5. The Morgan fingerprint density at radius 2 is 1.80 bits per heavy atom. The highest BCUT2D eigenvalue weighted by atomic mass is 16.6. The van der Waals surface area contributed by atoms with E-state index in [2.05, 4.69) is 25.6 Å². The molecular weight excluding hydrogens is 320 g/mol. The summed E-state index contributed by atoms with van der Waals surface area (Å²) in [6.07, 6.45) is 2.95. The summed E-state index contributed by atoms with van der Waals surface area (Å²) in [4.78, 5) is 23.2. The Hall–Kier alpha value is -3.55. The molecule has 126 valence electrons. The number of aromatic nitrogens is 3. The minimum atomic E-state index is -0.510. The van der Waals surface area contributed by atoms with E-state index in [0.717, 1.165) is 11.1 Å². The number of anilines is 3. The van der Waals surface area contributed by atoms with Gasteiger partial charge in [-0.05, 0) is 24.1 Å². The second-order valence-corrected chi connectivity index (χ2v) is 5.36. The predicted octanol–water partition coefficient (Wildman–Crippen LogP) is 3.44. The fourth-order valence-electron chi connectivity index (χ4n) is 2.22. The average molecular weight is 336 g/mol. The quantitative estimate of drug-likeness (QED) is 0.524. The van der Waals surface area contributed by atoms with Gasteiger partial charge in [0.15, 0.2) is 0 Å². The molecule has 25 heavy (non-hydrogen) atoms. The molecule has 2 aromatic heterocycles. The number of hydrogen-bond donors (Lipinski definition) is 2. The minimum Gasteiger partial charge on any atom is -0.360 e. The molecule has 2 N–H and O–H groups in total. The van der Waals surface area contributed by atoms with Crippen LogP contribution < -0.4 is 10.6 Å². The molecule has 0 amide bonds. The maximum Gasteiger partial charge on any atom is 0.353 e. The molecular formula is C17H16N6O2. The molecule has 0 saturated heterocycles. The molecule has 8 heteroatoms. The van der Waals surface area contributed by atoms with Gasteiger partial charge >= 0.3 is 5.69 Å². The molecule has 1 aromatic carbocycles. The second kappa shape index (κ2) is 7.35. The van der Waals surface area contributed by atoms with E-state index in [4.69, 9.17) is 0 Å². The van der Waals surface area contributed by atoms with Gasteiger partial charge in [0, 0.05) is 12.7 Å². The molecule has 0 atom stereocenters. The lowest BCUT2D eigenvalue weighted by atomic mass is 10.2. The van der Waals surface area contributed by atoms with E-state index in [1.165, 1.54) is 6.33 Å². The van der Waals surface area contributed by atoms with Gasteiger partial charge in [-0.2, -0.15) is 0 Å². The fraction of sp³-hybridized carbons (Fsp3) is 0.118. The van der Waals surface area contributed by atoms with Gasteiger partial charge in [0.1, 0.15) is 12.1 Å². The molecule has 0 bridgehead atoms. The summed E-state index contributed by atoms with van der Waals surface area (Å²) < 4.78 is 0. The Balaban J connectivity index is 1.86. The molecule has 3 aromatic rings. The Labute approximate surface area is 144 Å². The van der Waals surface area contributed by atoms with Crippen molar-refractivity contribution in [2.75, 3.05) is 10.6 Å². The summed E-state index contributed by atoms with van der Waals surface area (Å²) in [5.74, 6) is 0.715. The Kier molecular flexibility index (Phi) is 4.79. The number of nitrogens with one attached hydrogen (secondary N) is 2. The van der Waals surface area contributed by atoms with E-state index in [9.17, 15) is 10.1 Å². The lowest BCUT2D eigenvalue weighted by Crippen LogP contribution is -2.08. The molecule has 0 aliphatic rings. The van der Waals surface area contributed by atoms with Gasteiger partial charge in [0.2, 0.25) is 11.6 Å². The first-order chi connectivity index (χ1) is 12.1. The normalized spacial score (nSPS) is 10.3. The zero-order valence-corrected chi connectivity index (χ0v) is 13.5. The summed E-state index contributed by atoms with van der Waals surface area (Å²) in [6.45, 7) is 2.33. The van der Waals surface area contributed by atoms with Crippen molar-refractivity contribution in [3.8, 4) is 0 Å². The predicted molar refractivity (Wildman–Crippen MR) is 94.7 cm³/mol. The Morgan fingerprint density at radius 1 is 1.04 bits per heavy atom. The van der Waals surface area contributed by atoms with Gasteiger partial charge in [-0.1, -0.05) is 36.4 Å². The van der Waals surface area contributed by atoms with Crippen molar-refractivity contribution < 1.29 is 4.92 Å². The molecule has 8 nitrogen and oxygen atoms in total. The van der Waals surface area contributed by atoms with E-state index in [1.54, 1.807) is 12.3 Å². The highest BCUT2D eigenvalue weighted by Crippen LogP contribution is 2.30. The van der Waals surface area contributed by atoms with E-state index >= 15 is 0 Å². The van der Waals surface area contributed by atoms with Gasteiger partial charge in [-0.3, -0.25) is 10.1 Å². The molecule has 0 aliphatic carbocycles. The van der Waals surface area contributed by atoms with E-state index in [-0.39, 0.29) is 17.3 Å². The molecule has 0 saturated carbocycles. The minimum absolute atomic E-state index is 0.0897. The molecule has 0 aliphatic heterocycles. The average Bonchev–Trinajstić information content (AvgIpc) is 2.62. The number of nitro groups is 1. The van der Waals surface area contributed by atoms with Crippen LogP contribution in [0.2, 0.25) is 0 Å². The van der Waals surface area contributed by atoms with E-state index < -0.39 is 4.92 Å². The summed E-state index contributed by atoms with van der Waals surface area (Å²) in [5.41, 5.74) is 1.76. The molecule has 0 fully saturated rings. The smallest absolute Gasteiger partial charge is 0.353 e. The van der Waals surface area contributed by atoms with Crippen LogP contribution in [-0.2, 0) is 6.54 Å². The van der Waals surface area contributed by atoms with Crippen LogP contribution in [0, 0.1) is 17.0 Å². The summed E-state index contributed by atoms with van der Waals surface area (Å²) in [5, 5.41) is 17.4. The summed E-state index contributed by atoms with van der Waals surface area (Å²) in [7, 11) is 0. The van der Waals surface area contributed by atoms with Crippen molar-refractivity contribution in [1.82, 2.24) is 15.0 Å². The van der Waals surface area contributed by atoms with Crippen LogP contribution in [0.25, 0.3) is 0 Å². The van der Waals surface area contributed by atoms with Crippen molar-refractivity contribution in [2.24, 2.45) is 0 Å². The van der Waals surface area contributed by atoms with Crippen LogP contribution in [0.5, 0.6) is 0 Å². The van der Waals surface area contributed by atoms with Crippen molar-refractivity contribution in [3.05, 3.63) is 76.2 Å². The first-order valence-electron chi connectivity index (χ1n) is 7.60. The topological polar surface area (TPSA) is 106 Å². The summed E-state index contributed by atoms with van der Waals surface area (Å²) >= 11 is 0. The third-order valence-electron chi connectivity index (χ3n) is 3.47. The highest BCUT2D eigenvalue weighted by molar-refractivity contribution is 5.72. The van der Waals surface area contributed by atoms with Crippen molar-refractivity contribution in [1.29, 1.82) is 0 Å². The standard InChI is InChI=1S/C17H16N6O2/c1-12-7-8-14(18-9-12)22-17-15(23(24)25)16(20-11-21-17)19-10-13-5-3-2-4-6-13/h2-9,11H,10H2,1H3,(H2,18,19,20,21,22). The van der Waals surface area contributed by atoms with Gasteiger partial charge in [0.25, 0.3) is 0 Å². The van der Waals surface area contributed by atoms with Gasteiger partial charge < -0.3 is 10.6 Å². The van der Waals surface area contributed by atoms with Crippen molar-refractivity contribution in [2.45, 2.75) is 13.5 Å². The number of nitrogens with zero attached hydrogens (tertiary/aromatic N) is 4. The lowest BCUT2D eigenvalue weighted by Gasteiger charge is -2.10. The van der Waals surface area contributed by atoms with Crippen LogP contribution in [0.4, 0.5) is 23.1 Å². The largest absolute Gasteiger partial charge is 0.360 e. The van der Waals surface area contributed by atoms with Crippen molar-refractivity contribution in [3.63, 3.8) is 0 Å². The van der Waals surface area contributed by atoms with E-state index in [1.807, 2.05) is 43.3 Å². The van der Waals surface area contributed by atoms with E-state index in [0.29, 0.717) is 12.4 Å². The highest BCUT2D eigenvalue weighted by Gasteiger charge is 2.23. The fourth-order valence-corrected chi connectivity index (χ4v) is 2.22.